The number of benzene rings is 1. The third-order valence-electron chi connectivity index (χ3n) is 3.31. The Kier molecular flexibility index (Phi) is 5.89. The maximum atomic E-state index is 12.5. The van der Waals surface area contributed by atoms with Gasteiger partial charge in [0.05, 0.1) is 11.6 Å². The Hall–Kier alpha value is -1.31. The standard InChI is InChI=1S/C14H18Cl2N4O2S/c1-3-10-8-18-20(9-10)14(17-4-2)19-23(21,22)13-7-11(15)5-6-12(13)16/h5-8,10H,3-4,9H2,1-2H3,(H,17,19). The molecule has 0 aliphatic carbocycles. The van der Waals surface area contributed by atoms with Crippen LogP contribution in [0.3, 0.4) is 0 Å². The predicted molar refractivity (Wildman–Crippen MR) is 93.7 cm³/mol. The smallest absolute Gasteiger partial charge is 0.287 e. The average Bonchev–Trinajstić information content (AvgIpc) is 2.98. The Morgan fingerprint density at radius 2 is 2.17 bits per heavy atom. The number of nitrogens with one attached hydrogen (secondary N) is 1. The third kappa shape index (κ3) is 4.37. The summed E-state index contributed by atoms with van der Waals surface area (Å²) < 4.78 is 29.0. The molecule has 0 radical (unpaired) electrons. The molecule has 1 atom stereocenters. The lowest BCUT2D eigenvalue weighted by Gasteiger charge is -2.18. The van der Waals surface area contributed by atoms with E-state index in [2.05, 4.69) is 14.8 Å². The summed E-state index contributed by atoms with van der Waals surface area (Å²) in [5, 5.41) is 9.05. The molecule has 9 heteroatoms. The molecule has 0 saturated carbocycles. The number of hydrogen-bond donors (Lipinski definition) is 1. The first-order valence-electron chi connectivity index (χ1n) is 7.23. The monoisotopic (exact) mass is 376 g/mol. The molecule has 0 spiro atoms. The van der Waals surface area contributed by atoms with Gasteiger partial charge in [-0.2, -0.15) is 13.5 Å². The fraction of sp³-hybridized carbons (Fsp3) is 0.429. The second-order valence-corrected chi connectivity index (χ2v) is 7.43. The second kappa shape index (κ2) is 7.51. The van der Waals surface area contributed by atoms with Crippen LogP contribution in [0.4, 0.5) is 0 Å². The first-order valence-corrected chi connectivity index (χ1v) is 9.42. The third-order valence-corrected chi connectivity index (χ3v) is 5.29. The van der Waals surface area contributed by atoms with E-state index in [1.807, 2.05) is 13.8 Å². The number of halogens is 2. The lowest BCUT2D eigenvalue weighted by Crippen LogP contribution is -2.38. The van der Waals surface area contributed by atoms with Gasteiger partial charge in [-0.15, -0.1) is 4.40 Å². The zero-order valence-electron chi connectivity index (χ0n) is 12.8. The maximum Gasteiger partial charge on any atom is 0.287 e. The van der Waals surface area contributed by atoms with Gasteiger partial charge in [-0.3, -0.25) is 0 Å². The highest BCUT2D eigenvalue weighted by atomic mass is 35.5. The van der Waals surface area contributed by atoms with Gasteiger partial charge in [0.15, 0.2) is 0 Å². The van der Waals surface area contributed by atoms with E-state index in [0.717, 1.165) is 6.42 Å². The summed E-state index contributed by atoms with van der Waals surface area (Å²) in [5.41, 5.74) is 0. The number of sulfonamides is 1. The van der Waals surface area contributed by atoms with Gasteiger partial charge in [0, 0.05) is 23.7 Å². The molecule has 2 rings (SSSR count). The van der Waals surface area contributed by atoms with E-state index in [9.17, 15) is 8.42 Å². The van der Waals surface area contributed by atoms with Crippen LogP contribution in [0.1, 0.15) is 20.3 Å². The lowest BCUT2D eigenvalue weighted by atomic mass is 10.1. The van der Waals surface area contributed by atoms with E-state index < -0.39 is 10.0 Å². The first kappa shape index (κ1) is 18.0. The molecule has 1 aromatic carbocycles. The van der Waals surface area contributed by atoms with E-state index in [-0.39, 0.29) is 26.8 Å². The topological polar surface area (TPSA) is 74.1 Å². The molecule has 1 aliphatic heterocycles. The number of rotatable bonds is 4. The van der Waals surface area contributed by atoms with Gasteiger partial charge >= 0.3 is 0 Å². The zero-order chi connectivity index (χ0) is 17.0. The molecule has 0 fully saturated rings. The van der Waals surface area contributed by atoms with Crippen molar-refractivity contribution >= 4 is 45.4 Å². The minimum Gasteiger partial charge on any atom is -0.354 e. The summed E-state index contributed by atoms with van der Waals surface area (Å²) in [6.45, 7) is 5.00. The van der Waals surface area contributed by atoms with E-state index in [1.165, 1.54) is 18.2 Å². The molecule has 1 aliphatic rings. The molecular formula is C14H18Cl2N4O2S. The van der Waals surface area contributed by atoms with Crippen LogP contribution in [0.5, 0.6) is 0 Å². The van der Waals surface area contributed by atoms with Crippen molar-refractivity contribution in [2.45, 2.75) is 25.2 Å². The van der Waals surface area contributed by atoms with Gasteiger partial charge < -0.3 is 5.32 Å². The quantitative estimate of drug-likeness (QED) is 0.647. The Bertz CT molecular complexity index is 734. The summed E-state index contributed by atoms with van der Waals surface area (Å²) in [7, 11) is -4.00. The van der Waals surface area contributed by atoms with Crippen molar-refractivity contribution in [1.82, 2.24) is 10.3 Å². The molecule has 1 aromatic rings. The van der Waals surface area contributed by atoms with Gasteiger partial charge in [0.2, 0.25) is 5.96 Å². The zero-order valence-corrected chi connectivity index (χ0v) is 15.2. The Morgan fingerprint density at radius 1 is 1.43 bits per heavy atom. The minimum absolute atomic E-state index is 0.0744. The van der Waals surface area contributed by atoms with E-state index in [1.54, 1.807) is 11.2 Å². The van der Waals surface area contributed by atoms with Gasteiger partial charge in [-0.05, 0) is 31.5 Å². The number of nitrogens with zero attached hydrogens (tertiary/aromatic N) is 3. The summed E-state index contributed by atoms with van der Waals surface area (Å²) >= 11 is 11.8. The van der Waals surface area contributed by atoms with Gasteiger partial charge in [-0.25, -0.2) is 5.01 Å². The summed E-state index contributed by atoms with van der Waals surface area (Å²) in [6.07, 6.45) is 2.72. The fourth-order valence-electron chi connectivity index (χ4n) is 2.03. The van der Waals surface area contributed by atoms with Crippen molar-refractivity contribution in [2.24, 2.45) is 15.4 Å². The maximum absolute atomic E-state index is 12.5. The Labute approximate surface area is 146 Å². The lowest BCUT2D eigenvalue weighted by molar-refractivity contribution is 0.426. The van der Waals surface area contributed by atoms with Gasteiger partial charge in [0.25, 0.3) is 10.0 Å². The molecule has 0 aromatic heterocycles. The highest BCUT2D eigenvalue weighted by Gasteiger charge is 2.24. The molecular weight excluding hydrogens is 359 g/mol. The number of guanidine groups is 1. The van der Waals surface area contributed by atoms with Gasteiger partial charge in [-0.1, -0.05) is 30.1 Å². The average molecular weight is 377 g/mol. The summed E-state index contributed by atoms with van der Waals surface area (Å²) in [6, 6.07) is 4.24. The van der Waals surface area contributed by atoms with Crippen LogP contribution in [0.2, 0.25) is 10.0 Å². The number of hydrogen-bond acceptors (Lipinski definition) is 3. The molecule has 0 saturated heterocycles. The van der Waals surface area contributed by atoms with E-state index in [4.69, 9.17) is 23.2 Å². The van der Waals surface area contributed by atoms with Crippen molar-refractivity contribution in [3.05, 3.63) is 28.2 Å². The number of hydrazone groups is 1. The van der Waals surface area contributed by atoms with E-state index >= 15 is 0 Å². The second-order valence-electron chi connectivity index (χ2n) is 5.01. The molecule has 6 nitrogen and oxygen atoms in total. The van der Waals surface area contributed by atoms with Gasteiger partial charge in [0.1, 0.15) is 4.90 Å². The highest BCUT2D eigenvalue weighted by Crippen LogP contribution is 2.26. The van der Waals surface area contributed by atoms with Crippen LogP contribution in [-0.4, -0.2) is 38.7 Å². The molecule has 126 valence electrons. The van der Waals surface area contributed by atoms with Crippen LogP contribution in [-0.2, 0) is 10.0 Å². The molecule has 1 N–H and O–H groups in total. The van der Waals surface area contributed by atoms with Crippen molar-refractivity contribution in [3.8, 4) is 0 Å². The summed E-state index contributed by atoms with van der Waals surface area (Å²) in [4.78, 5) is -0.128. The molecule has 0 bridgehead atoms. The van der Waals surface area contributed by atoms with Crippen LogP contribution in [0.15, 0.2) is 32.6 Å². The Balaban J connectivity index is 2.38. The van der Waals surface area contributed by atoms with Crippen molar-refractivity contribution in [1.29, 1.82) is 0 Å². The normalized spacial score (nSPS) is 18.5. The predicted octanol–water partition coefficient (Wildman–Crippen LogP) is 2.98. The van der Waals surface area contributed by atoms with Crippen LogP contribution in [0.25, 0.3) is 0 Å². The SMILES string of the molecule is CCN/C(=N\S(=O)(=O)c1cc(Cl)ccc1Cl)N1CC(CC)C=N1. The van der Waals surface area contributed by atoms with Crippen LogP contribution >= 0.6 is 23.2 Å². The van der Waals surface area contributed by atoms with Crippen LogP contribution in [0, 0.1) is 5.92 Å². The van der Waals surface area contributed by atoms with Crippen LogP contribution < -0.4 is 5.32 Å². The highest BCUT2D eigenvalue weighted by molar-refractivity contribution is 7.90. The van der Waals surface area contributed by atoms with E-state index in [0.29, 0.717) is 13.1 Å². The Morgan fingerprint density at radius 3 is 2.78 bits per heavy atom. The van der Waals surface area contributed by atoms with Crippen molar-refractivity contribution in [3.63, 3.8) is 0 Å². The largest absolute Gasteiger partial charge is 0.354 e. The molecule has 0 amide bonds. The minimum atomic E-state index is -4.00. The van der Waals surface area contributed by atoms with Crippen molar-refractivity contribution < 1.29 is 8.42 Å². The first-order chi connectivity index (χ1) is 10.9. The van der Waals surface area contributed by atoms with Crippen molar-refractivity contribution in [2.75, 3.05) is 13.1 Å². The molecule has 1 unspecified atom stereocenters. The molecule has 23 heavy (non-hydrogen) atoms. The fourth-order valence-corrected chi connectivity index (χ4v) is 3.76. The summed E-state index contributed by atoms with van der Waals surface area (Å²) in [5.74, 6) is 0.451. The molecule has 1 heterocycles.